The lowest BCUT2D eigenvalue weighted by Crippen LogP contribution is -2.06. The van der Waals surface area contributed by atoms with Crippen LogP contribution in [-0.4, -0.2) is 16.5 Å². The highest BCUT2D eigenvalue weighted by molar-refractivity contribution is 6.30. The molecule has 0 radical (unpaired) electrons. The van der Waals surface area contributed by atoms with E-state index in [1.807, 2.05) is 30.3 Å². The van der Waals surface area contributed by atoms with Crippen LogP contribution in [0.4, 0.5) is 11.6 Å². The van der Waals surface area contributed by atoms with Gasteiger partial charge in [-0.1, -0.05) is 43.5 Å². The summed E-state index contributed by atoms with van der Waals surface area (Å²) in [6.07, 6.45) is 5.19. The van der Waals surface area contributed by atoms with Crippen LogP contribution in [0.3, 0.4) is 0 Å². The van der Waals surface area contributed by atoms with E-state index in [9.17, 15) is 0 Å². The molecule has 0 unspecified atom stereocenters. The predicted octanol–water partition coefficient (Wildman–Crippen LogP) is 4.34. The average molecular weight is 305 g/mol. The maximum absolute atomic E-state index is 5.87. The van der Waals surface area contributed by atoms with Crippen molar-refractivity contribution >= 4 is 23.2 Å². The molecule has 21 heavy (non-hydrogen) atoms. The molecule has 0 amide bonds. The molecule has 0 fully saturated rings. The SMILES string of the molecule is CCCCCNc1cc(NCc2ccc(Cl)cc2)ncn1. The third kappa shape index (κ3) is 5.60. The third-order valence-corrected chi connectivity index (χ3v) is 3.39. The molecule has 0 aliphatic carbocycles. The van der Waals surface area contributed by atoms with E-state index in [-0.39, 0.29) is 0 Å². The highest BCUT2D eigenvalue weighted by Gasteiger charge is 1.99. The van der Waals surface area contributed by atoms with Gasteiger partial charge in [0.1, 0.15) is 18.0 Å². The van der Waals surface area contributed by atoms with Crippen molar-refractivity contribution < 1.29 is 0 Å². The van der Waals surface area contributed by atoms with E-state index < -0.39 is 0 Å². The van der Waals surface area contributed by atoms with Gasteiger partial charge < -0.3 is 10.6 Å². The molecule has 1 aromatic heterocycles. The molecule has 4 nitrogen and oxygen atoms in total. The van der Waals surface area contributed by atoms with E-state index in [0.717, 1.165) is 35.2 Å². The number of nitrogens with zero attached hydrogens (tertiary/aromatic N) is 2. The molecule has 0 saturated carbocycles. The van der Waals surface area contributed by atoms with E-state index in [1.165, 1.54) is 12.8 Å². The molecule has 0 saturated heterocycles. The second-order valence-electron chi connectivity index (χ2n) is 4.90. The molecule has 2 rings (SSSR count). The Bertz CT molecular complexity index is 542. The minimum Gasteiger partial charge on any atom is -0.370 e. The van der Waals surface area contributed by atoms with Crippen molar-refractivity contribution in [3.8, 4) is 0 Å². The largest absolute Gasteiger partial charge is 0.370 e. The number of hydrogen-bond donors (Lipinski definition) is 2. The summed E-state index contributed by atoms with van der Waals surface area (Å²) >= 11 is 5.87. The van der Waals surface area contributed by atoms with Gasteiger partial charge in [-0.15, -0.1) is 0 Å². The Morgan fingerprint density at radius 1 is 1.00 bits per heavy atom. The average Bonchev–Trinajstić information content (AvgIpc) is 2.52. The Balaban J connectivity index is 1.84. The Hall–Kier alpha value is -1.81. The smallest absolute Gasteiger partial charge is 0.131 e. The summed E-state index contributed by atoms with van der Waals surface area (Å²) < 4.78 is 0. The maximum Gasteiger partial charge on any atom is 0.131 e. The van der Waals surface area contributed by atoms with Crippen LogP contribution in [0.2, 0.25) is 5.02 Å². The van der Waals surface area contributed by atoms with Crippen LogP contribution in [-0.2, 0) is 6.54 Å². The monoisotopic (exact) mass is 304 g/mol. The number of nitrogens with one attached hydrogen (secondary N) is 2. The molecule has 0 spiro atoms. The molecule has 2 aromatic rings. The fourth-order valence-electron chi connectivity index (χ4n) is 1.94. The van der Waals surface area contributed by atoms with Crippen molar-refractivity contribution in [2.24, 2.45) is 0 Å². The number of rotatable bonds is 8. The van der Waals surface area contributed by atoms with E-state index in [4.69, 9.17) is 11.6 Å². The lowest BCUT2D eigenvalue weighted by atomic mass is 10.2. The highest BCUT2D eigenvalue weighted by Crippen LogP contribution is 2.13. The minimum atomic E-state index is 0.712. The molecule has 5 heteroatoms. The van der Waals surface area contributed by atoms with Gasteiger partial charge in [0, 0.05) is 24.2 Å². The molecule has 112 valence electrons. The number of aromatic nitrogens is 2. The van der Waals surface area contributed by atoms with Crippen LogP contribution in [0.15, 0.2) is 36.7 Å². The summed E-state index contributed by atoms with van der Waals surface area (Å²) in [6.45, 7) is 3.86. The van der Waals surface area contributed by atoms with Crippen molar-refractivity contribution in [3.05, 3.63) is 47.2 Å². The third-order valence-electron chi connectivity index (χ3n) is 3.14. The first kappa shape index (κ1) is 15.6. The van der Waals surface area contributed by atoms with Crippen molar-refractivity contribution in [2.75, 3.05) is 17.2 Å². The molecule has 0 aliphatic rings. The molecule has 1 aromatic carbocycles. The van der Waals surface area contributed by atoms with Gasteiger partial charge >= 0.3 is 0 Å². The standard InChI is InChI=1S/C16H21ClN4/c1-2-3-4-9-18-15-10-16(21-12-20-15)19-11-13-5-7-14(17)8-6-13/h5-8,10,12H,2-4,9,11H2,1H3,(H2,18,19,20,21). The summed E-state index contributed by atoms with van der Waals surface area (Å²) in [5.74, 6) is 1.68. The molecule has 2 N–H and O–H groups in total. The van der Waals surface area contributed by atoms with Gasteiger partial charge in [0.2, 0.25) is 0 Å². The van der Waals surface area contributed by atoms with Crippen molar-refractivity contribution in [1.29, 1.82) is 0 Å². The zero-order valence-electron chi connectivity index (χ0n) is 12.3. The second kappa shape index (κ2) is 8.47. The summed E-state index contributed by atoms with van der Waals surface area (Å²) in [5.41, 5.74) is 1.16. The van der Waals surface area contributed by atoms with Crippen LogP contribution in [0.5, 0.6) is 0 Å². The van der Waals surface area contributed by atoms with Crippen LogP contribution in [0.25, 0.3) is 0 Å². The maximum atomic E-state index is 5.87. The fourth-order valence-corrected chi connectivity index (χ4v) is 2.06. The number of halogens is 1. The molecule has 0 bridgehead atoms. The van der Waals surface area contributed by atoms with E-state index >= 15 is 0 Å². The Morgan fingerprint density at radius 2 is 1.71 bits per heavy atom. The van der Waals surface area contributed by atoms with Gasteiger partial charge in [-0.25, -0.2) is 9.97 Å². The van der Waals surface area contributed by atoms with Crippen molar-refractivity contribution in [2.45, 2.75) is 32.7 Å². The normalized spacial score (nSPS) is 10.4. The summed E-state index contributed by atoms with van der Waals surface area (Å²) in [5, 5.41) is 7.35. The number of anilines is 2. The van der Waals surface area contributed by atoms with E-state index in [1.54, 1.807) is 6.33 Å². The first-order valence-corrected chi connectivity index (χ1v) is 7.70. The van der Waals surface area contributed by atoms with Crippen molar-refractivity contribution in [3.63, 3.8) is 0 Å². The summed E-state index contributed by atoms with van der Waals surface area (Å²) in [6, 6.07) is 9.71. The fraction of sp³-hybridized carbons (Fsp3) is 0.375. The molecule has 0 atom stereocenters. The lowest BCUT2D eigenvalue weighted by molar-refractivity contribution is 0.742. The Kier molecular flexibility index (Phi) is 6.28. The Morgan fingerprint density at radius 3 is 2.43 bits per heavy atom. The minimum absolute atomic E-state index is 0.712. The first-order chi connectivity index (χ1) is 10.3. The lowest BCUT2D eigenvalue weighted by Gasteiger charge is -2.08. The topological polar surface area (TPSA) is 49.8 Å². The molecular formula is C16H21ClN4. The first-order valence-electron chi connectivity index (χ1n) is 7.32. The van der Waals surface area contributed by atoms with Crippen LogP contribution < -0.4 is 10.6 Å². The molecular weight excluding hydrogens is 284 g/mol. The molecule has 1 heterocycles. The zero-order valence-corrected chi connectivity index (χ0v) is 13.0. The molecule has 0 aliphatic heterocycles. The Labute approximate surface area is 131 Å². The quantitative estimate of drug-likeness (QED) is 0.712. The van der Waals surface area contributed by atoms with E-state index in [2.05, 4.69) is 27.5 Å². The van der Waals surface area contributed by atoms with Gasteiger partial charge in [-0.05, 0) is 24.1 Å². The summed E-state index contributed by atoms with van der Waals surface area (Å²) in [7, 11) is 0. The van der Waals surface area contributed by atoms with Crippen molar-refractivity contribution in [1.82, 2.24) is 9.97 Å². The number of unbranched alkanes of at least 4 members (excludes halogenated alkanes) is 2. The van der Waals surface area contributed by atoms with Crippen LogP contribution in [0, 0.1) is 0 Å². The predicted molar refractivity (Wildman–Crippen MR) is 88.8 cm³/mol. The highest BCUT2D eigenvalue weighted by atomic mass is 35.5. The van der Waals surface area contributed by atoms with Crippen LogP contribution in [0.1, 0.15) is 31.7 Å². The summed E-state index contributed by atoms with van der Waals surface area (Å²) in [4.78, 5) is 8.45. The van der Waals surface area contributed by atoms with Gasteiger partial charge in [-0.2, -0.15) is 0 Å². The van der Waals surface area contributed by atoms with Gasteiger partial charge in [0.15, 0.2) is 0 Å². The number of benzene rings is 1. The van der Waals surface area contributed by atoms with Gasteiger partial charge in [0.25, 0.3) is 0 Å². The number of hydrogen-bond acceptors (Lipinski definition) is 4. The zero-order chi connectivity index (χ0) is 14.9. The van der Waals surface area contributed by atoms with Crippen LogP contribution >= 0.6 is 11.6 Å². The van der Waals surface area contributed by atoms with Gasteiger partial charge in [-0.3, -0.25) is 0 Å². The van der Waals surface area contributed by atoms with Gasteiger partial charge in [0.05, 0.1) is 0 Å². The van der Waals surface area contributed by atoms with E-state index in [0.29, 0.717) is 6.54 Å². The second-order valence-corrected chi connectivity index (χ2v) is 5.34.